The van der Waals surface area contributed by atoms with Crippen LogP contribution in [0, 0.1) is 6.92 Å². The number of anilines is 1. The standard InChI is InChI=1S/C13H18N4O2/c1-8-4-10(5-14-3)6-15-12(8)17-7-11(18)16-13(19)9(17)2/h4,6,9,14H,5,7H2,1-3H3,(H,16,18,19). The van der Waals surface area contributed by atoms with Gasteiger partial charge in [0.15, 0.2) is 0 Å². The van der Waals surface area contributed by atoms with Gasteiger partial charge in [0.25, 0.3) is 0 Å². The lowest BCUT2D eigenvalue weighted by Crippen LogP contribution is -2.57. The van der Waals surface area contributed by atoms with Gasteiger partial charge in [-0.05, 0) is 38.1 Å². The third-order valence-electron chi connectivity index (χ3n) is 3.18. The van der Waals surface area contributed by atoms with Crippen LogP contribution in [0.15, 0.2) is 12.3 Å². The summed E-state index contributed by atoms with van der Waals surface area (Å²) in [5, 5.41) is 5.38. The highest BCUT2D eigenvalue weighted by Crippen LogP contribution is 2.21. The third-order valence-corrected chi connectivity index (χ3v) is 3.18. The second-order valence-corrected chi connectivity index (χ2v) is 4.73. The molecule has 0 saturated carbocycles. The van der Waals surface area contributed by atoms with Crippen LogP contribution in [-0.2, 0) is 16.1 Å². The molecular weight excluding hydrogens is 244 g/mol. The Hall–Kier alpha value is -1.95. The van der Waals surface area contributed by atoms with Gasteiger partial charge in [0.1, 0.15) is 11.9 Å². The molecule has 0 spiro atoms. The SMILES string of the molecule is CNCc1cnc(N2CC(=O)NC(=O)C2C)c(C)c1. The highest BCUT2D eigenvalue weighted by molar-refractivity contribution is 6.04. The molecule has 1 aromatic heterocycles. The molecule has 6 heteroatoms. The summed E-state index contributed by atoms with van der Waals surface area (Å²) in [7, 11) is 1.87. The van der Waals surface area contributed by atoms with Crippen molar-refractivity contribution in [3.8, 4) is 0 Å². The molecule has 6 nitrogen and oxygen atoms in total. The van der Waals surface area contributed by atoms with Crippen LogP contribution >= 0.6 is 0 Å². The summed E-state index contributed by atoms with van der Waals surface area (Å²) < 4.78 is 0. The molecule has 2 amide bonds. The highest BCUT2D eigenvalue weighted by Gasteiger charge is 2.31. The molecule has 1 unspecified atom stereocenters. The fourth-order valence-corrected chi connectivity index (χ4v) is 2.20. The number of piperazine rings is 1. The topological polar surface area (TPSA) is 74.3 Å². The van der Waals surface area contributed by atoms with Crippen molar-refractivity contribution in [1.29, 1.82) is 0 Å². The molecule has 1 aliphatic heterocycles. The van der Waals surface area contributed by atoms with Crippen molar-refractivity contribution in [2.75, 3.05) is 18.5 Å². The van der Waals surface area contributed by atoms with Crippen molar-refractivity contribution in [3.05, 3.63) is 23.4 Å². The van der Waals surface area contributed by atoms with E-state index >= 15 is 0 Å². The number of hydrogen-bond acceptors (Lipinski definition) is 5. The summed E-state index contributed by atoms with van der Waals surface area (Å²) in [6, 6.07) is 1.63. The van der Waals surface area contributed by atoms with Crippen molar-refractivity contribution in [3.63, 3.8) is 0 Å². The largest absolute Gasteiger partial charge is 0.335 e. The number of aryl methyl sites for hydroxylation is 1. The molecule has 2 heterocycles. The van der Waals surface area contributed by atoms with E-state index in [9.17, 15) is 9.59 Å². The van der Waals surface area contributed by atoms with Gasteiger partial charge < -0.3 is 10.2 Å². The van der Waals surface area contributed by atoms with E-state index in [0.717, 1.165) is 17.7 Å². The molecule has 2 N–H and O–H groups in total. The van der Waals surface area contributed by atoms with Gasteiger partial charge in [0.05, 0.1) is 6.54 Å². The van der Waals surface area contributed by atoms with E-state index in [2.05, 4.69) is 15.6 Å². The van der Waals surface area contributed by atoms with Crippen LogP contribution in [0.25, 0.3) is 0 Å². The van der Waals surface area contributed by atoms with Crippen molar-refractivity contribution < 1.29 is 9.59 Å². The number of carbonyl (C=O) groups is 2. The Morgan fingerprint density at radius 1 is 1.53 bits per heavy atom. The van der Waals surface area contributed by atoms with Crippen molar-refractivity contribution >= 4 is 17.6 Å². The molecule has 1 saturated heterocycles. The molecule has 0 radical (unpaired) electrons. The molecule has 1 atom stereocenters. The minimum atomic E-state index is -0.390. The monoisotopic (exact) mass is 262 g/mol. The summed E-state index contributed by atoms with van der Waals surface area (Å²) >= 11 is 0. The minimum absolute atomic E-state index is 0.159. The Kier molecular flexibility index (Phi) is 3.80. The van der Waals surface area contributed by atoms with Gasteiger partial charge in [-0.25, -0.2) is 4.98 Å². The highest BCUT2D eigenvalue weighted by atomic mass is 16.2. The average Bonchev–Trinajstić information content (AvgIpc) is 2.35. The number of imide groups is 1. The van der Waals surface area contributed by atoms with Crippen LogP contribution in [0.1, 0.15) is 18.1 Å². The Morgan fingerprint density at radius 2 is 2.26 bits per heavy atom. The first-order chi connectivity index (χ1) is 9.02. The Morgan fingerprint density at radius 3 is 2.89 bits per heavy atom. The van der Waals surface area contributed by atoms with Crippen LogP contribution in [-0.4, -0.2) is 36.4 Å². The first-order valence-corrected chi connectivity index (χ1v) is 6.23. The van der Waals surface area contributed by atoms with E-state index in [1.54, 1.807) is 18.0 Å². The van der Waals surface area contributed by atoms with Crippen LogP contribution in [0.3, 0.4) is 0 Å². The predicted octanol–water partition coefficient (Wildman–Crippen LogP) is -0.0393. The van der Waals surface area contributed by atoms with Crippen LogP contribution in [0.5, 0.6) is 0 Å². The Labute approximate surface area is 112 Å². The zero-order valence-electron chi connectivity index (χ0n) is 11.4. The second-order valence-electron chi connectivity index (χ2n) is 4.73. The average molecular weight is 262 g/mol. The van der Waals surface area contributed by atoms with E-state index in [1.807, 2.05) is 20.0 Å². The van der Waals surface area contributed by atoms with Crippen molar-refractivity contribution in [2.45, 2.75) is 26.4 Å². The maximum Gasteiger partial charge on any atom is 0.249 e. The molecule has 1 fully saturated rings. The predicted molar refractivity (Wildman–Crippen MR) is 71.7 cm³/mol. The van der Waals surface area contributed by atoms with E-state index < -0.39 is 0 Å². The number of nitrogens with zero attached hydrogens (tertiary/aromatic N) is 2. The number of carbonyl (C=O) groups excluding carboxylic acids is 2. The third kappa shape index (κ3) is 2.73. The van der Waals surface area contributed by atoms with Gasteiger partial charge >= 0.3 is 0 Å². The molecule has 0 aliphatic carbocycles. The van der Waals surface area contributed by atoms with Crippen molar-refractivity contribution in [2.24, 2.45) is 0 Å². The number of pyridine rings is 1. The maximum atomic E-state index is 11.7. The maximum absolute atomic E-state index is 11.7. The molecule has 19 heavy (non-hydrogen) atoms. The summed E-state index contributed by atoms with van der Waals surface area (Å²) in [4.78, 5) is 29.3. The molecule has 0 bridgehead atoms. The fourth-order valence-electron chi connectivity index (χ4n) is 2.20. The smallest absolute Gasteiger partial charge is 0.249 e. The summed E-state index contributed by atoms with van der Waals surface area (Å²) in [5.41, 5.74) is 2.03. The lowest BCUT2D eigenvalue weighted by molar-refractivity contribution is -0.132. The first-order valence-electron chi connectivity index (χ1n) is 6.23. The van der Waals surface area contributed by atoms with Gasteiger partial charge in [-0.3, -0.25) is 14.9 Å². The van der Waals surface area contributed by atoms with Gasteiger partial charge in [0, 0.05) is 12.7 Å². The van der Waals surface area contributed by atoms with Gasteiger partial charge in [-0.15, -0.1) is 0 Å². The van der Waals surface area contributed by atoms with E-state index in [0.29, 0.717) is 5.82 Å². The van der Waals surface area contributed by atoms with Gasteiger partial charge in [0.2, 0.25) is 11.8 Å². The number of aromatic nitrogens is 1. The number of amides is 2. The zero-order valence-corrected chi connectivity index (χ0v) is 11.4. The van der Waals surface area contributed by atoms with Crippen LogP contribution in [0.2, 0.25) is 0 Å². The molecule has 102 valence electrons. The number of nitrogens with one attached hydrogen (secondary N) is 2. The lowest BCUT2D eigenvalue weighted by atomic mass is 10.1. The molecular formula is C13H18N4O2. The molecule has 1 aromatic rings. The van der Waals surface area contributed by atoms with Crippen molar-refractivity contribution in [1.82, 2.24) is 15.6 Å². The fraction of sp³-hybridized carbons (Fsp3) is 0.462. The zero-order chi connectivity index (χ0) is 14.0. The van der Waals surface area contributed by atoms with Crippen LogP contribution < -0.4 is 15.5 Å². The van der Waals surface area contributed by atoms with E-state index in [-0.39, 0.29) is 24.4 Å². The van der Waals surface area contributed by atoms with Gasteiger partial charge in [-0.1, -0.05) is 0 Å². The number of rotatable bonds is 3. The van der Waals surface area contributed by atoms with E-state index in [1.165, 1.54) is 0 Å². The lowest BCUT2D eigenvalue weighted by Gasteiger charge is -2.33. The Bertz CT molecular complexity index is 515. The molecule has 1 aliphatic rings. The second kappa shape index (κ2) is 5.36. The molecule has 0 aromatic carbocycles. The van der Waals surface area contributed by atoms with Crippen LogP contribution in [0.4, 0.5) is 5.82 Å². The Balaban J connectivity index is 2.30. The minimum Gasteiger partial charge on any atom is -0.335 e. The summed E-state index contributed by atoms with van der Waals surface area (Å²) in [5.74, 6) is 0.121. The number of hydrogen-bond donors (Lipinski definition) is 2. The quantitative estimate of drug-likeness (QED) is 0.748. The van der Waals surface area contributed by atoms with E-state index in [4.69, 9.17) is 0 Å². The normalized spacial score (nSPS) is 19.5. The first kappa shape index (κ1) is 13.5. The summed E-state index contributed by atoms with van der Waals surface area (Å²) in [6.07, 6.45) is 1.77. The van der Waals surface area contributed by atoms with Gasteiger partial charge in [-0.2, -0.15) is 0 Å². The summed E-state index contributed by atoms with van der Waals surface area (Å²) in [6.45, 7) is 4.60. The molecule has 2 rings (SSSR count).